The molecule has 3 aromatic rings. The molecular formula is C14H11N3O. The number of para-hydroxylation sites is 2. The van der Waals surface area contributed by atoms with Crippen molar-refractivity contribution >= 4 is 16.7 Å². The lowest BCUT2D eigenvalue weighted by Crippen LogP contribution is -1.91. The van der Waals surface area contributed by atoms with E-state index in [0.29, 0.717) is 17.3 Å². The van der Waals surface area contributed by atoms with E-state index in [4.69, 9.17) is 10.5 Å². The average Bonchev–Trinajstić information content (AvgIpc) is 2.41. The van der Waals surface area contributed by atoms with Crippen LogP contribution >= 0.6 is 0 Å². The molecule has 4 nitrogen and oxygen atoms in total. The SMILES string of the molecule is Nc1ccc(Oc2cnc3ccccc3n2)cc1. The number of rotatable bonds is 2. The van der Waals surface area contributed by atoms with Gasteiger partial charge in [-0.15, -0.1) is 0 Å². The minimum atomic E-state index is 0.471. The number of hydrogen-bond acceptors (Lipinski definition) is 4. The number of ether oxygens (including phenoxy) is 1. The Kier molecular flexibility index (Phi) is 2.53. The third-order valence-corrected chi connectivity index (χ3v) is 2.53. The maximum Gasteiger partial charge on any atom is 0.238 e. The molecular weight excluding hydrogens is 226 g/mol. The zero-order valence-electron chi connectivity index (χ0n) is 9.58. The Morgan fingerprint density at radius 3 is 2.39 bits per heavy atom. The molecule has 0 spiro atoms. The highest BCUT2D eigenvalue weighted by Crippen LogP contribution is 2.21. The predicted octanol–water partition coefficient (Wildman–Crippen LogP) is 3.00. The van der Waals surface area contributed by atoms with Crippen LogP contribution in [0.2, 0.25) is 0 Å². The predicted molar refractivity (Wildman–Crippen MR) is 70.5 cm³/mol. The van der Waals surface area contributed by atoms with Crippen molar-refractivity contribution in [3.05, 3.63) is 54.7 Å². The van der Waals surface area contributed by atoms with E-state index in [9.17, 15) is 0 Å². The van der Waals surface area contributed by atoms with Crippen LogP contribution < -0.4 is 10.5 Å². The molecule has 0 radical (unpaired) electrons. The summed E-state index contributed by atoms with van der Waals surface area (Å²) in [5, 5.41) is 0. The molecule has 0 fully saturated rings. The average molecular weight is 237 g/mol. The van der Waals surface area contributed by atoms with Gasteiger partial charge in [-0.3, -0.25) is 0 Å². The molecule has 1 heterocycles. The normalized spacial score (nSPS) is 10.4. The lowest BCUT2D eigenvalue weighted by atomic mass is 10.3. The second kappa shape index (κ2) is 4.33. The summed E-state index contributed by atoms with van der Waals surface area (Å²) >= 11 is 0. The standard InChI is InChI=1S/C14H11N3O/c15-10-5-7-11(8-6-10)18-14-9-16-12-3-1-2-4-13(12)17-14/h1-9H,15H2. The molecule has 2 aromatic carbocycles. The van der Waals surface area contributed by atoms with Gasteiger partial charge in [-0.2, -0.15) is 0 Å². The van der Waals surface area contributed by atoms with Crippen LogP contribution in [0.15, 0.2) is 54.7 Å². The first kappa shape index (κ1) is 10.5. The molecule has 0 saturated carbocycles. The summed E-state index contributed by atoms with van der Waals surface area (Å²) in [5.41, 5.74) is 7.97. The van der Waals surface area contributed by atoms with Gasteiger partial charge in [0.05, 0.1) is 17.2 Å². The second-order valence-corrected chi connectivity index (χ2v) is 3.87. The van der Waals surface area contributed by atoms with Gasteiger partial charge in [0.25, 0.3) is 0 Å². The third-order valence-electron chi connectivity index (χ3n) is 2.53. The van der Waals surface area contributed by atoms with E-state index in [-0.39, 0.29) is 0 Å². The second-order valence-electron chi connectivity index (χ2n) is 3.87. The number of nitrogens with two attached hydrogens (primary N) is 1. The smallest absolute Gasteiger partial charge is 0.238 e. The summed E-state index contributed by atoms with van der Waals surface area (Å²) in [6, 6.07) is 14.8. The molecule has 0 aliphatic carbocycles. The number of fused-ring (bicyclic) bond motifs is 1. The summed E-state index contributed by atoms with van der Waals surface area (Å²) in [6.07, 6.45) is 1.61. The van der Waals surface area contributed by atoms with Gasteiger partial charge in [0.1, 0.15) is 5.75 Å². The molecule has 2 N–H and O–H groups in total. The quantitative estimate of drug-likeness (QED) is 0.696. The van der Waals surface area contributed by atoms with Crippen molar-refractivity contribution in [2.75, 3.05) is 5.73 Å². The van der Waals surface area contributed by atoms with Gasteiger partial charge in [-0.1, -0.05) is 12.1 Å². The minimum Gasteiger partial charge on any atom is -0.437 e. The van der Waals surface area contributed by atoms with Crippen molar-refractivity contribution in [1.82, 2.24) is 9.97 Å². The highest BCUT2D eigenvalue weighted by molar-refractivity contribution is 5.74. The van der Waals surface area contributed by atoms with Gasteiger partial charge in [0, 0.05) is 5.69 Å². The molecule has 0 unspecified atom stereocenters. The Hall–Kier alpha value is -2.62. The third kappa shape index (κ3) is 2.08. The molecule has 88 valence electrons. The van der Waals surface area contributed by atoms with Gasteiger partial charge >= 0.3 is 0 Å². The molecule has 0 bridgehead atoms. The first-order valence-corrected chi connectivity index (χ1v) is 5.56. The van der Waals surface area contributed by atoms with Gasteiger partial charge in [-0.25, -0.2) is 9.97 Å². The van der Waals surface area contributed by atoms with E-state index in [0.717, 1.165) is 11.0 Å². The van der Waals surface area contributed by atoms with Crippen molar-refractivity contribution in [2.24, 2.45) is 0 Å². The summed E-state index contributed by atoms with van der Waals surface area (Å²) < 4.78 is 5.61. The molecule has 1 aromatic heterocycles. The number of aromatic nitrogens is 2. The molecule has 18 heavy (non-hydrogen) atoms. The Morgan fingerprint density at radius 2 is 1.61 bits per heavy atom. The van der Waals surface area contributed by atoms with E-state index >= 15 is 0 Å². The highest BCUT2D eigenvalue weighted by atomic mass is 16.5. The van der Waals surface area contributed by atoms with E-state index in [1.54, 1.807) is 30.5 Å². The highest BCUT2D eigenvalue weighted by Gasteiger charge is 2.01. The fraction of sp³-hybridized carbons (Fsp3) is 0. The van der Waals surface area contributed by atoms with E-state index in [1.807, 2.05) is 24.3 Å². The minimum absolute atomic E-state index is 0.471. The van der Waals surface area contributed by atoms with Gasteiger partial charge in [0.15, 0.2) is 0 Å². The maximum atomic E-state index is 5.61. The van der Waals surface area contributed by atoms with Gasteiger partial charge in [-0.05, 0) is 36.4 Å². The Morgan fingerprint density at radius 1 is 0.889 bits per heavy atom. The monoisotopic (exact) mass is 237 g/mol. The number of anilines is 1. The van der Waals surface area contributed by atoms with E-state index in [2.05, 4.69) is 9.97 Å². The number of nitrogens with zero attached hydrogens (tertiary/aromatic N) is 2. The lowest BCUT2D eigenvalue weighted by molar-refractivity contribution is 0.463. The topological polar surface area (TPSA) is 61.0 Å². The maximum absolute atomic E-state index is 5.61. The van der Waals surface area contributed by atoms with Crippen LogP contribution in [-0.2, 0) is 0 Å². The van der Waals surface area contributed by atoms with Crippen molar-refractivity contribution in [3.8, 4) is 11.6 Å². The fourth-order valence-electron chi connectivity index (χ4n) is 1.65. The first-order valence-electron chi connectivity index (χ1n) is 5.56. The molecule has 0 amide bonds. The molecule has 0 saturated heterocycles. The van der Waals surface area contributed by atoms with Crippen molar-refractivity contribution in [3.63, 3.8) is 0 Å². The van der Waals surface area contributed by atoms with Crippen LogP contribution in [0.25, 0.3) is 11.0 Å². The Balaban J connectivity index is 1.92. The van der Waals surface area contributed by atoms with Gasteiger partial charge < -0.3 is 10.5 Å². The van der Waals surface area contributed by atoms with Crippen molar-refractivity contribution in [1.29, 1.82) is 0 Å². The van der Waals surface area contributed by atoms with Crippen LogP contribution in [0.3, 0.4) is 0 Å². The van der Waals surface area contributed by atoms with Crippen molar-refractivity contribution < 1.29 is 4.74 Å². The van der Waals surface area contributed by atoms with Crippen LogP contribution in [0.1, 0.15) is 0 Å². The van der Waals surface area contributed by atoms with Crippen LogP contribution in [0.4, 0.5) is 5.69 Å². The summed E-state index contributed by atoms with van der Waals surface area (Å²) in [6.45, 7) is 0. The summed E-state index contributed by atoms with van der Waals surface area (Å²) in [4.78, 5) is 8.66. The number of benzene rings is 2. The molecule has 3 rings (SSSR count). The van der Waals surface area contributed by atoms with Crippen LogP contribution in [-0.4, -0.2) is 9.97 Å². The number of hydrogen-bond donors (Lipinski definition) is 1. The fourth-order valence-corrected chi connectivity index (χ4v) is 1.65. The first-order chi connectivity index (χ1) is 8.81. The zero-order chi connectivity index (χ0) is 12.4. The van der Waals surface area contributed by atoms with Crippen molar-refractivity contribution in [2.45, 2.75) is 0 Å². The molecule has 0 aliphatic rings. The molecule has 4 heteroatoms. The summed E-state index contributed by atoms with van der Waals surface area (Å²) in [7, 11) is 0. The van der Waals surface area contributed by atoms with Gasteiger partial charge in [0.2, 0.25) is 5.88 Å². The largest absolute Gasteiger partial charge is 0.437 e. The van der Waals surface area contributed by atoms with E-state index < -0.39 is 0 Å². The number of nitrogen functional groups attached to an aromatic ring is 1. The molecule has 0 aliphatic heterocycles. The Bertz CT molecular complexity index is 680. The van der Waals surface area contributed by atoms with E-state index in [1.165, 1.54) is 0 Å². The van der Waals surface area contributed by atoms with Crippen LogP contribution in [0, 0.1) is 0 Å². The lowest BCUT2D eigenvalue weighted by Gasteiger charge is -2.05. The summed E-state index contributed by atoms with van der Waals surface area (Å²) in [5.74, 6) is 1.16. The van der Waals surface area contributed by atoms with Crippen LogP contribution in [0.5, 0.6) is 11.6 Å². The Labute approximate surface area is 104 Å². The zero-order valence-corrected chi connectivity index (χ0v) is 9.58. The molecule has 0 atom stereocenters.